The van der Waals surface area contributed by atoms with Crippen molar-refractivity contribution in [3.05, 3.63) is 43.2 Å². The van der Waals surface area contributed by atoms with Gasteiger partial charge in [0.1, 0.15) is 0 Å². The molecule has 24 heavy (non-hydrogen) atoms. The van der Waals surface area contributed by atoms with E-state index in [0.29, 0.717) is 18.0 Å². The van der Waals surface area contributed by atoms with Crippen LogP contribution in [0.2, 0.25) is 0 Å². The van der Waals surface area contributed by atoms with E-state index in [4.69, 9.17) is 0 Å². The van der Waals surface area contributed by atoms with Crippen molar-refractivity contribution < 1.29 is 4.79 Å². The summed E-state index contributed by atoms with van der Waals surface area (Å²) in [6.07, 6.45) is 16.5. The van der Waals surface area contributed by atoms with Crippen molar-refractivity contribution in [1.29, 1.82) is 0 Å². The average molecular weight is 326 g/mol. The molecule has 2 aliphatic rings. The lowest BCUT2D eigenvalue weighted by molar-refractivity contribution is -0.138. The molecule has 1 aliphatic carbocycles. The van der Waals surface area contributed by atoms with Gasteiger partial charge in [0.25, 0.3) is 0 Å². The van der Waals surface area contributed by atoms with Crippen LogP contribution in [0.1, 0.15) is 50.6 Å². The third kappa shape index (κ3) is 3.12. The van der Waals surface area contributed by atoms with Gasteiger partial charge in [0.2, 0.25) is 5.91 Å². The first-order valence-corrected chi connectivity index (χ1v) is 9.20. The Bertz CT molecular complexity index is 641. The number of hydrogen-bond donors (Lipinski definition) is 0. The number of carbonyl (C=O) groups is 1. The van der Waals surface area contributed by atoms with Gasteiger partial charge in [-0.25, -0.2) is 4.98 Å². The van der Waals surface area contributed by atoms with Crippen molar-refractivity contribution in [3.63, 3.8) is 0 Å². The summed E-state index contributed by atoms with van der Waals surface area (Å²) in [4.78, 5) is 19.2. The minimum absolute atomic E-state index is 0.221. The second-order valence-electron chi connectivity index (χ2n) is 7.23. The van der Waals surface area contributed by atoms with Crippen molar-refractivity contribution in [2.75, 3.05) is 13.1 Å². The molecule has 0 N–H and O–H groups in total. The van der Waals surface area contributed by atoms with Crippen LogP contribution >= 0.6 is 0 Å². The minimum Gasteiger partial charge on any atom is -0.351 e. The van der Waals surface area contributed by atoms with Gasteiger partial charge in [-0.1, -0.05) is 0 Å². The lowest BCUT2D eigenvalue weighted by Crippen LogP contribution is -2.44. The fourth-order valence-corrected chi connectivity index (χ4v) is 4.35. The smallest absolute Gasteiger partial charge is 0.225 e. The number of piperidine rings is 1. The summed E-state index contributed by atoms with van der Waals surface area (Å²) in [5, 5.41) is 0. The summed E-state index contributed by atoms with van der Waals surface area (Å²) in [6, 6.07) is 5.13. The van der Waals surface area contributed by atoms with Crippen LogP contribution in [0, 0.1) is 5.92 Å². The van der Waals surface area contributed by atoms with Crippen LogP contribution in [-0.2, 0) is 4.79 Å². The molecule has 0 spiro atoms. The quantitative estimate of drug-likeness (QED) is 0.869. The maximum atomic E-state index is 13.0. The van der Waals surface area contributed by atoms with Gasteiger partial charge in [-0.05, 0) is 50.7 Å². The van der Waals surface area contributed by atoms with Crippen LogP contribution in [-0.4, -0.2) is 38.0 Å². The van der Waals surface area contributed by atoms with Crippen LogP contribution in [0.5, 0.6) is 0 Å². The van der Waals surface area contributed by atoms with Crippen molar-refractivity contribution in [2.45, 2.75) is 50.6 Å². The van der Waals surface area contributed by atoms with E-state index in [1.165, 1.54) is 0 Å². The molecule has 2 aromatic heterocycles. The van der Waals surface area contributed by atoms with E-state index in [1.807, 2.05) is 18.7 Å². The molecule has 0 bridgehead atoms. The van der Waals surface area contributed by atoms with E-state index < -0.39 is 0 Å². The summed E-state index contributed by atoms with van der Waals surface area (Å²) in [5.74, 6) is 0.601. The van der Waals surface area contributed by atoms with E-state index in [1.54, 1.807) is 0 Å². The Balaban J connectivity index is 1.34. The third-order valence-electron chi connectivity index (χ3n) is 5.75. The monoisotopic (exact) mass is 326 g/mol. The zero-order valence-corrected chi connectivity index (χ0v) is 14.1. The molecule has 128 valence electrons. The highest BCUT2D eigenvalue weighted by atomic mass is 16.2. The van der Waals surface area contributed by atoms with Crippen molar-refractivity contribution in [1.82, 2.24) is 19.0 Å². The number of hydrogen-bond acceptors (Lipinski definition) is 2. The van der Waals surface area contributed by atoms with Gasteiger partial charge in [0, 0.05) is 49.8 Å². The molecule has 1 aliphatic heterocycles. The summed E-state index contributed by atoms with van der Waals surface area (Å²) in [5.41, 5.74) is 0. The molecule has 5 nitrogen and oxygen atoms in total. The second-order valence-corrected chi connectivity index (χ2v) is 7.23. The molecule has 0 radical (unpaired) electrons. The third-order valence-corrected chi connectivity index (χ3v) is 5.75. The summed E-state index contributed by atoms with van der Waals surface area (Å²) in [6.45, 7) is 1.76. The molecule has 0 aromatic carbocycles. The molecule has 3 heterocycles. The number of likely N-dealkylation sites (tertiary alicyclic amines) is 1. The zero-order chi connectivity index (χ0) is 16.4. The molecular formula is C19H26N4O. The summed E-state index contributed by atoms with van der Waals surface area (Å²) in [7, 11) is 0. The average Bonchev–Trinajstić information content (AvgIpc) is 3.35. The van der Waals surface area contributed by atoms with Crippen molar-refractivity contribution >= 4 is 5.91 Å². The Morgan fingerprint density at radius 1 is 0.917 bits per heavy atom. The first kappa shape index (κ1) is 15.5. The number of rotatable bonds is 3. The molecule has 1 unspecified atom stereocenters. The lowest BCUT2D eigenvalue weighted by atomic mass is 9.84. The normalized spacial score (nSPS) is 28.0. The highest BCUT2D eigenvalue weighted by Crippen LogP contribution is 2.34. The first-order valence-electron chi connectivity index (χ1n) is 9.20. The van der Waals surface area contributed by atoms with E-state index in [9.17, 15) is 4.79 Å². The van der Waals surface area contributed by atoms with Crippen molar-refractivity contribution in [2.24, 2.45) is 5.92 Å². The molecular weight excluding hydrogens is 300 g/mol. The van der Waals surface area contributed by atoms with Gasteiger partial charge in [-0.2, -0.15) is 0 Å². The number of imidazole rings is 1. The predicted octanol–water partition coefficient (Wildman–Crippen LogP) is 3.28. The number of amides is 1. The highest BCUT2D eigenvalue weighted by molar-refractivity contribution is 5.79. The van der Waals surface area contributed by atoms with Gasteiger partial charge >= 0.3 is 0 Å². The van der Waals surface area contributed by atoms with Gasteiger partial charge < -0.3 is 14.0 Å². The first-order chi connectivity index (χ1) is 11.8. The second kappa shape index (κ2) is 6.83. The fraction of sp³-hybridized carbons (Fsp3) is 0.579. The molecule has 4 rings (SSSR count). The van der Waals surface area contributed by atoms with E-state index in [2.05, 4.69) is 43.5 Å². The molecule has 1 saturated carbocycles. The highest BCUT2D eigenvalue weighted by Gasteiger charge is 2.32. The van der Waals surface area contributed by atoms with E-state index in [0.717, 1.165) is 51.6 Å². The fourth-order valence-electron chi connectivity index (χ4n) is 4.35. The van der Waals surface area contributed by atoms with Crippen LogP contribution in [0.4, 0.5) is 0 Å². The van der Waals surface area contributed by atoms with Crippen LogP contribution in [0.3, 0.4) is 0 Å². The lowest BCUT2D eigenvalue weighted by Gasteiger charge is -2.37. The van der Waals surface area contributed by atoms with Gasteiger partial charge in [0.05, 0.1) is 12.4 Å². The van der Waals surface area contributed by atoms with Crippen LogP contribution in [0.15, 0.2) is 43.2 Å². The topological polar surface area (TPSA) is 43.1 Å². The molecule has 5 heteroatoms. The molecule has 2 aromatic rings. The van der Waals surface area contributed by atoms with Crippen molar-refractivity contribution in [3.8, 4) is 0 Å². The van der Waals surface area contributed by atoms with Crippen LogP contribution in [0.25, 0.3) is 0 Å². The summed E-state index contributed by atoms with van der Waals surface area (Å²) < 4.78 is 4.46. The maximum absolute atomic E-state index is 13.0. The largest absolute Gasteiger partial charge is 0.351 e. The minimum atomic E-state index is 0.221. The predicted molar refractivity (Wildman–Crippen MR) is 92.5 cm³/mol. The molecule has 1 atom stereocenters. The Morgan fingerprint density at radius 3 is 2.42 bits per heavy atom. The molecule has 1 amide bonds. The Morgan fingerprint density at radius 2 is 1.71 bits per heavy atom. The number of carbonyl (C=O) groups excluding carboxylic acids is 1. The molecule has 2 fully saturated rings. The van der Waals surface area contributed by atoms with Gasteiger partial charge in [-0.15, -0.1) is 0 Å². The molecule has 1 saturated heterocycles. The number of nitrogens with zero attached hydrogens (tertiary/aromatic N) is 4. The maximum Gasteiger partial charge on any atom is 0.225 e. The van der Waals surface area contributed by atoms with E-state index >= 15 is 0 Å². The summed E-state index contributed by atoms with van der Waals surface area (Å²) >= 11 is 0. The van der Waals surface area contributed by atoms with E-state index in [-0.39, 0.29) is 5.92 Å². The Hall–Kier alpha value is -2.04. The number of aromatic nitrogens is 3. The van der Waals surface area contributed by atoms with Gasteiger partial charge in [0.15, 0.2) is 0 Å². The van der Waals surface area contributed by atoms with Crippen LogP contribution < -0.4 is 0 Å². The Kier molecular flexibility index (Phi) is 4.41. The van der Waals surface area contributed by atoms with Gasteiger partial charge in [-0.3, -0.25) is 4.79 Å². The standard InChI is InChI=1S/C19H26N4O/c24-19(16-5-7-17(8-6-16)21-10-1-2-11-21)22-12-3-4-18(14-22)23-13-9-20-15-23/h1-2,9-11,13,15-18H,3-8,12,14H2. The zero-order valence-electron chi connectivity index (χ0n) is 14.1. The SMILES string of the molecule is O=C(C1CCC(n2cccc2)CC1)N1CCCC(n2ccnc2)C1. The Labute approximate surface area is 143 Å².